The number of Topliss-reactive ketones (excluding diaryl/α,β-unsaturated/α-hetero) is 1. The molecule has 0 aliphatic heterocycles. The van der Waals surface area contributed by atoms with Crippen LogP contribution >= 0.6 is 11.6 Å². The van der Waals surface area contributed by atoms with Gasteiger partial charge in [-0.3, -0.25) is 4.79 Å². The Hall–Kier alpha value is -1.91. The van der Waals surface area contributed by atoms with Crippen molar-refractivity contribution in [1.29, 1.82) is 0 Å². The molecule has 0 saturated carbocycles. The lowest BCUT2D eigenvalue weighted by Gasteiger charge is -2.12. The van der Waals surface area contributed by atoms with Crippen molar-refractivity contribution in [3.05, 3.63) is 52.2 Å². The van der Waals surface area contributed by atoms with Gasteiger partial charge < -0.3 is 11.5 Å². The molecule has 0 amide bonds. The smallest absolute Gasteiger partial charge is 0.202 e. The van der Waals surface area contributed by atoms with Crippen LogP contribution in [-0.4, -0.2) is 11.5 Å². The third-order valence-corrected chi connectivity index (χ3v) is 3.22. The van der Waals surface area contributed by atoms with Gasteiger partial charge in [0.05, 0.1) is 17.1 Å². The third kappa shape index (κ3) is 2.75. The summed E-state index contributed by atoms with van der Waals surface area (Å²) in [5.41, 5.74) is 14.3. The monoisotopic (exact) mass is 275 g/mol. The maximum Gasteiger partial charge on any atom is 0.202 e. The fourth-order valence-electron chi connectivity index (χ4n) is 1.69. The molecular weight excluding hydrogens is 262 g/mol. The quantitative estimate of drug-likeness (QED) is 0.812. The third-order valence-electron chi connectivity index (χ3n) is 2.84. The van der Waals surface area contributed by atoms with Gasteiger partial charge in [0.1, 0.15) is 5.03 Å². The first kappa shape index (κ1) is 13.5. The molecule has 1 aromatic carbocycles. The largest absolute Gasteiger partial charge is 0.396 e. The number of nitrogens with zero attached hydrogens (tertiary/aromatic N) is 1. The highest BCUT2D eigenvalue weighted by Gasteiger charge is 2.21. The molecule has 2 rings (SSSR count). The standard InChI is InChI=1S/C14H14ClN3O/c1-8-6-11(13(17)12(15)14(8)19)18-10-4-2-9(7-16)3-5-10/h2-6H,7,16-17H2,1H3. The molecule has 4 N–H and O–H groups in total. The zero-order valence-electron chi connectivity index (χ0n) is 10.5. The molecule has 0 heterocycles. The van der Waals surface area contributed by atoms with Crippen molar-refractivity contribution in [2.75, 3.05) is 0 Å². The molecule has 0 fully saturated rings. The highest BCUT2D eigenvalue weighted by Crippen LogP contribution is 2.22. The van der Waals surface area contributed by atoms with Crippen LogP contribution in [0.25, 0.3) is 0 Å². The van der Waals surface area contributed by atoms with Crippen molar-refractivity contribution in [3.8, 4) is 0 Å². The number of hydrogen-bond acceptors (Lipinski definition) is 4. The van der Waals surface area contributed by atoms with Crippen LogP contribution in [0.1, 0.15) is 12.5 Å². The second-order valence-corrected chi connectivity index (χ2v) is 4.63. The number of nitrogens with two attached hydrogens (primary N) is 2. The summed E-state index contributed by atoms with van der Waals surface area (Å²) >= 11 is 5.89. The number of rotatable bonds is 2. The Morgan fingerprint density at radius 1 is 1.26 bits per heavy atom. The van der Waals surface area contributed by atoms with Gasteiger partial charge in [-0.15, -0.1) is 0 Å². The fourth-order valence-corrected chi connectivity index (χ4v) is 1.94. The number of carbonyl (C=O) groups is 1. The summed E-state index contributed by atoms with van der Waals surface area (Å²) < 4.78 is 0. The van der Waals surface area contributed by atoms with Crippen molar-refractivity contribution < 1.29 is 4.79 Å². The molecule has 4 nitrogen and oxygen atoms in total. The van der Waals surface area contributed by atoms with Crippen LogP contribution in [0.3, 0.4) is 0 Å². The molecule has 1 aliphatic rings. The first-order valence-electron chi connectivity index (χ1n) is 5.79. The zero-order valence-corrected chi connectivity index (χ0v) is 11.2. The highest BCUT2D eigenvalue weighted by atomic mass is 35.5. The fraction of sp³-hybridized carbons (Fsp3) is 0.143. The van der Waals surface area contributed by atoms with E-state index in [1.807, 2.05) is 24.3 Å². The molecule has 0 bridgehead atoms. The zero-order chi connectivity index (χ0) is 14.0. The van der Waals surface area contributed by atoms with Gasteiger partial charge in [-0.05, 0) is 30.7 Å². The van der Waals surface area contributed by atoms with Gasteiger partial charge in [-0.2, -0.15) is 0 Å². The molecule has 5 heteroatoms. The summed E-state index contributed by atoms with van der Waals surface area (Å²) in [4.78, 5) is 16.0. The number of carbonyl (C=O) groups excluding carboxylic acids is 1. The lowest BCUT2D eigenvalue weighted by atomic mass is 10.0. The molecule has 0 radical (unpaired) electrons. The van der Waals surface area contributed by atoms with Gasteiger partial charge in [-0.25, -0.2) is 4.99 Å². The van der Waals surface area contributed by atoms with E-state index in [1.165, 1.54) is 0 Å². The number of benzene rings is 1. The van der Waals surface area contributed by atoms with E-state index in [-0.39, 0.29) is 16.5 Å². The number of aliphatic imine (C=N–C) groups is 1. The first-order valence-corrected chi connectivity index (χ1v) is 6.17. The summed E-state index contributed by atoms with van der Waals surface area (Å²) in [7, 11) is 0. The molecule has 0 saturated heterocycles. The number of hydrogen-bond donors (Lipinski definition) is 2. The maximum atomic E-state index is 11.6. The lowest BCUT2D eigenvalue weighted by molar-refractivity contribution is -0.111. The van der Waals surface area contributed by atoms with Crippen molar-refractivity contribution in [2.45, 2.75) is 13.5 Å². The Labute approximate surface area is 116 Å². The summed E-state index contributed by atoms with van der Waals surface area (Å²) in [6, 6.07) is 7.48. The van der Waals surface area contributed by atoms with E-state index >= 15 is 0 Å². The molecule has 1 aliphatic carbocycles. The van der Waals surface area contributed by atoms with E-state index in [0.29, 0.717) is 17.8 Å². The van der Waals surface area contributed by atoms with Gasteiger partial charge in [0, 0.05) is 12.1 Å². The molecule has 1 aromatic rings. The van der Waals surface area contributed by atoms with Crippen LogP contribution in [0.5, 0.6) is 0 Å². The van der Waals surface area contributed by atoms with Gasteiger partial charge in [-0.1, -0.05) is 23.7 Å². The lowest BCUT2D eigenvalue weighted by Crippen LogP contribution is -2.20. The minimum absolute atomic E-state index is 0.0253. The number of ketones is 1. The molecule has 0 aromatic heterocycles. The maximum absolute atomic E-state index is 11.6. The van der Waals surface area contributed by atoms with Crippen LogP contribution in [0.15, 0.2) is 51.6 Å². The Balaban J connectivity index is 2.39. The Kier molecular flexibility index (Phi) is 3.83. The van der Waals surface area contributed by atoms with E-state index < -0.39 is 0 Å². The van der Waals surface area contributed by atoms with Crippen LogP contribution in [0.4, 0.5) is 5.69 Å². The van der Waals surface area contributed by atoms with Gasteiger partial charge >= 0.3 is 0 Å². The van der Waals surface area contributed by atoms with Crippen LogP contribution in [-0.2, 0) is 11.3 Å². The van der Waals surface area contributed by atoms with Crippen LogP contribution in [0, 0.1) is 0 Å². The van der Waals surface area contributed by atoms with Crippen molar-refractivity contribution in [1.82, 2.24) is 0 Å². The van der Waals surface area contributed by atoms with E-state index in [2.05, 4.69) is 4.99 Å². The predicted octanol–water partition coefficient (Wildman–Crippen LogP) is 2.16. The van der Waals surface area contributed by atoms with Crippen molar-refractivity contribution in [2.24, 2.45) is 16.5 Å². The van der Waals surface area contributed by atoms with Crippen molar-refractivity contribution in [3.63, 3.8) is 0 Å². The summed E-state index contributed by atoms with van der Waals surface area (Å²) in [5, 5.41) is 0.0253. The molecule has 0 spiro atoms. The van der Waals surface area contributed by atoms with E-state index in [9.17, 15) is 4.79 Å². The number of allylic oxidation sites excluding steroid dienone is 3. The molecule has 0 unspecified atom stereocenters. The van der Waals surface area contributed by atoms with Crippen LogP contribution < -0.4 is 11.5 Å². The Morgan fingerprint density at radius 3 is 2.47 bits per heavy atom. The van der Waals surface area contributed by atoms with Crippen molar-refractivity contribution >= 4 is 28.8 Å². The average molecular weight is 276 g/mol. The highest BCUT2D eigenvalue weighted by molar-refractivity contribution is 6.49. The minimum atomic E-state index is -0.253. The SMILES string of the molecule is CC1=CC(=Nc2ccc(CN)cc2)C(N)=C(Cl)C1=O. The predicted molar refractivity (Wildman–Crippen MR) is 77.3 cm³/mol. The normalized spacial score (nSPS) is 17.9. The summed E-state index contributed by atoms with van der Waals surface area (Å²) in [5.74, 6) is -0.253. The van der Waals surface area contributed by atoms with Gasteiger partial charge in [0.2, 0.25) is 5.78 Å². The second kappa shape index (κ2) is 5.38. The van der Waals surface area contributed by atoms with Crippen LogP contribution in [0.2, 0.25) is 0 Å². The second-order valence-electron chi connectivity index (χ2n) is 4.25. The van der Waals surface area contributed by atoms with E-state index in [0.717, 1.165) is 11.3 Å². The summed E-state index contributed by atoms with van der Waals surface area (Å²) in [6.07, 6.45) is 1.64. The Morgan fingerprint density at radius 2 is 1.89 bits per heavy atom. The van der Waals surface area contributed by atoms with Gasteiger partial charge in [0.15, 0.2) is 0 Å². The molecular formula is C14H14ClN3O. The molecule has 19 heavy (non-hydrogen) atoms. The molecule has 98 valence electrons. The minimum Gasteiger partial charge on any atom is -0.396 e. The average Bonchev–Trinajstić information content (AvgIpc) is 2.43. The van der Waals surface area contributed by atoms with E-state index in [1.54, 1.807) is 13.0 Å². The topological polar surface area (TPSA) is 81.5 Å². The number of halogens is 1. The Bertz CT molecular complexity index is 612. The molecule has 0 atom stereocenters. The summed E-state index contributed by atoms with van der Waals surface area (Å²) in [6.45, 7) is 2.17. The van der Waals surface area contributed by atoms with E-state index in [4.69, 9.17) is 23.1 Å². The van der Waals surface area contributed by atoms with Gasteiger partial charge in [0.25, 0.3) is 0 Å². The first-order chi connectivity index (χ1) is 9.02.